The van der Waals surface area contributed by atoms with Gasteiger partial charge in [0.05, 0.1) is 6.54 Å². The summed E-state index contributed by atoms with van der Waals surface area (Å²) in [5, 5.41) is 2.80. The minimum atomic E-state index is -0.372. The quantitative estimate of drug-likeness (QED) is 0.771. The topological polar surface area (TPSA) is 45.2 Å². The first kappa shape index (κ1) is 15.7. The van der Waals surface area contributed by atoms with E-state index < -0.39 is 0 Å². The molecule has 2 amide bonds. The molecule has 0 bridgehead atoms. The first-order valence-electron chi connectivity index (χ1n) is 7.52. The Hall–Kier alpha value is -3.21. The van der Waals surface area contributed by atoms with E-state index in [1.165, 1.54) is 11.0 Å². The molecular formula is C19H16FN3O. The number of carbonyl (C=O) groups excluding carboxylic acids is 1. The SMILES string of the molecule is O=C(Nc1ccccc1)N(Cc1ccccc1F)c1ccccn1. The highest BCUT2D eigenvalue weighted by Crippen LogP contribution is 2.18. The van der Waals surface area contributed by atoms with Gasteiger partial charge in [-0.25, -0.2) is 14.2 Å². The van der Waals surface area contributed by atoms with E-state index in [1.54, 1.807) is 54.7 Å². The van der Waals surface area contributed by atoms with Gasteiger partial charge < -0.3 is 5.32 Å². The van der Waals surface area contributed by atoms with Crippen molar-refractivity contribution < 1.29 is 9.18 Å². The number of benzene rings is 2. The van der Waals surface area contributed by atoms with Crippen LogP contribution in [-0.4, -0.2) is 11.0 Å². The third-order valence-electron chi connectivity index (χ3n) is 3.48. The number of carbonyl (C=O) groups is 1. The van der Waals surface area contributed by atoms with Crippen LogP contribution >= 0.6 is 0 Å². The van der Waals surface area contributed by atoms with Gasteiger partial charge in [0.25, 0.3) is 0 Å². The summed E-state index contributed by atoms with van der Waals surface area (Å²) in [4.78, 5) is 18.3. The first-order valence-corrected chi connectivity index (χ1v) is 7.52. The number of urea groups is 1. The fraction of sp³-hybridized carbons (Fsp3) is 0.0526. The summed E-state index contributed by atoms with van der Waals surface area (Å²) in [5.41, 5.74) is 1.09. The highest BCUT2D eigenvalue weighted by Gasteiger charge is 2.18. The molecule has 0 radical (unpaired) electrons. The molecule has 0 saturated heterocycles. The molecule has 1 N–H and O–H groups in total. The molecule has 0 aliphatic carbocycles. The molecular weight excluding hydrogens is 305 g/mol. The zero-order valence-corrected chi connectivity index (χ0v) is 12.9. The normalized spacial score (nSPS) is 10.2. The molecule has 0 saturated carbocycles. The molecule has 1 heterocycles. The second-order valence-corrected chi connectivity index (χ2v) is 5.16. The number of nitrogens with one attached hydrogen (secondary N) is 1. The predicted octanol–water partition coefficient (Wildman–Crippen LogP) is 4.46. The highest BCUT2D eigenvalue weighted by molar-refractivity contribution is 6.01. The number of anilines is 2. The minimum Gasteiger partial charge on any atom is -0.307 e. The van der Waals surface area contributed by atoms with Gasteiger partial charge >= 0.3 is 6.03 Å². The van der Waals surface area contributed by atoms with E-state index in [4.69, 9.17) is 0 Å². The summed E-state index contributed by atoms with van der Waals surface area (Å²) in [6, 6.07) is 20.4. The van der Waals surface area contributed by atoms with Crippen LogP contribution < -0.4 is 10.2 Å². The van der Waals surface area contributed by atoms with Crippen molar-refractivity contribution in [1.29, 1.82) is 0 Å². The molecule has 24 heavy (non-hydrogen) atoms. The molecule has 120 valence electrons. The van der Waals surface area contributed by atoms with Crippen molar-refractivity contribution in [2.75, 3.05) is 10.2 Å². The lowest BCUT2D eigenvalue weighted by molar-refractivity contribution is 0.256. The van der Waals surface area contributed by atoms with Gasteiger partial charge in [-0.15, -0.1) is 0 Å². The Bertz CT molecular complexity index is 809. The van der Waals surface area contributed by atoms with E-state index in [0.717, 1.165) is 0 Å². The van der Waals surface area contributed by atoms with Gasteiger partial charge in [-0.05, 0) is 30.3 Å². The lowest BCUT2D eigenvalue weighted by Gasteiger charge is -2.22. The van der Waals surface area contributed by atoms with Gasteiger partial charge in [0.2, 0.25) is 0 Å². The molecule has 0 unspecified atom stereocenters. The lowest BCUT2D eigenvalue weighted by Crippen LogP contribution is -2.35. The number of nitrogens with zero attached hydrogens (tertiary/aromatic N) is 2. The van der Waals surface area contributed by atoms with Crippen LogP contribution in [0.4, 0.5) is 20.7 Å². The third kappa shape index (κ3) is 3.76. The number of hydrogen-bond acceptors (Lipinski definition) is 2. The summed E-state index contributed by atoms with van der Waals surface area (Å²) in [6.45, 7) is 0.0857. The summed E-state index contributed by atoms with van der Waals surface area (Å²) < 4.78 is 14.0. The monoisotopic (exact) mass is 321 g/mol. The second kappa shape index (κ2) is 7.37. The maximum Gasteiger partial charge on any atom is 0.327 e. The van der Waals surface area contributed by atoms with Gasteiger partial charge in [-0.3, -0.25) is 4.90 Å². The molecule has 5 heteroatoms. The minimum absolute atomic E-state index is 0.0857. The van der Waals surface area contributed by atoms with Crippen LogP contribution in [0.5, 0.6) is 0 Å². The van der Waals surface area contributed by atoms with Crippen molar-refractivity contribution in [3.8, 4) is 0 Å². The Morgan fingerprint density at radius 3 is 2.38 bits per heavy atom. The van der Waals surface area contributed by atoms with Crippen molar-refractivity contribution in [2.24, 2.45) is 0 Å². The molecule has 0 aliphatic heterocycles. The van der Waals surface area contributed by atoms with Gasteiger partial charge in [-0.1, -0.05) is 42.5 Å². The third-order valence-corrected chi connectivity index (χ3v) is 3.48. The molecule has 0 aliphatic rings. The van der Waals surface area contributed by atoms with E-state index in [-0.39, 0.29) is 18.4 Å². The predicted molar refractivity (Wildman–Crippen MR) is 92.3 cm³/mol. The van der Waals surface area contributed by atoms with E-state index in [0.29, 0.717) is 17.1 Å². The highest BCUT2D eigenvalue weighted by atomic mass is 19.1. The number of para-hydroxylation sites is 1. The molecule has 0 spiro atoms. The van der Waals surface area contributed by atoms with E-state index in [9.17, 15) is 9.18 Å². The zero-order valence-electron chi connectivity index (χ0n) is 12.9. The average Bonchev–Trinajstić information content (AvgIpc) is 2.62. The molecule has 4 nitrogen and oxygen atoms in total. The molecule has 0 fully saturated rings. The van der Waals surface area contributed by atoms with Crippen molar-refractivity contribution in [2.45, 2.75) is 6.54 Å². The molecule has 2 aromatic carbocycles. The maximum atomic E-state index is 14.0. The molecule has 3 aromatic rings. The lowest BCUT2D eigenvalue weighted by atomic mass is 10.2. The zero-order chi connectivity index (χ0) is 16.8. The van der Waals surface area contributed by atoms with E-state index in [2.05, 4.69) is 10.3 Å². The van der Waals surface area contributed by atoms with E-state index >= 15 is 0 Å². The number of rotatable bonds is 4. The maximum absolute atomic E-state index is 14.0. The van der Waals surface area contributed by atoms with Gasteiger partial charge in [-0.2, -0.15) is 0 Å². The number of amides is 2. The number of pyridine rings is 1. The van der Waals surface area contributed by atoms with Crippen molar-refractivity contribution in [1.82, 2.24) is 4.98 Å². The Morgan fingerprint density at radius 2 is 1.67 bits per heavy atom. The van der Waals surface area contributed by atoms with Crippen LogP contribution in [0, 0.1) is 5.82 Å². The van der Waals surface area contributed by atoms with Gasteiger partial charge in [0.15, 0.2) is 0 Å². The van der Waals surface area contributed by atoms with Crippen LogP contribution in [0.2, 0.25) is 0 Å². The summed E-state index contributed by atoms with van der Waals surface area (Å²) in [5.74, 6) is 0.0973. The van der Waals surface area contributed by atoms with Crippen LogP contribution in [0.3, 0.4) is 0 Å². The standard InChI is InChI=1S/C19H16FN3O/c20-17-11-5-4-8-15(17)14-23(18-12-6-7-13-21-18)19(24)22-16-9-2-1-3-10-16/h1-13H,14H2,(H,22,24). The van der Waals surface area contributed by atoms with Gasteiger partial charge in [0.1, 0.15) is 11.6 Å². The van der Waals surface area contributed by atoms with Crippen molar-refractivity contribution in [3.63, 3.8) is 0 Å². The number of aromatic nitrogens is 1. The van der Waals surface area contributed by atoms with Crippen LogP contribution in [-0.2, 0) is 6.54 Å². The van der Waals surface area contributed by atoms with Crippen LogP contribution in [0.25, 0.3) is 0 Å². The number of hydrogen-bond donors (Lipinski definition) is 1. The largest absolute Gasteiger partial charge is 0.327 e. The van der Waals surface area contributed by atoms with E-state index in [1.807, 2.05) is 18.2 Å². The first-order chi connectivity index (χ1) is 11.7. The van der Waals surface area contributed by atoms with Crippen molar-refractivity contribution in [3.05, 3.63) is 90.4 Å². The van der Waals surface area contributed by atoms with Crippen LogP contribution in [0.15, 0.2) is 79.0 Å². The molecule has 3 rings (SSSR count). The van der Waals surface area contributed by atoms with Crippen LogP contribution in [0.1, 0.15) is 5.56 Å². The number of halogens is 1. The van der Waals surface area contributed by atoms with Crippen molar-refractivity contribution >= 4 is 17.5 Å². The van der Waals surface area contributed by atoms with Gasteiger partial charge in [0, 0.05) is 17.4 Å². The smallest absolute Gasteiger partial charge is 0.307 e. The Balaban J connectivity index is 1.88. The Morgan fingerprint density at radius 1 is 0.958 bits per heavy atom. The molecule has 1 aromatic heterocycles. The fourth-order valence-corrected chi connectivity index (χ4v) is 2.28. The summed E-state index contributed by atoms with van der Waals surface area (Å²) >= 11 is 0. The summed E-state index contributed by atoms with van der Waals surface area (Å²) in [7, 11) is 0. The summed E-state index contributed by atoms with van der Waals surface area (Å²) in [6.07, 6.45) is 1.60. The molecule has 0 atom stereocenters. The Labute approximate surface area is 139 Å². The average molecular weight is 321 g/mol. The Kier molecular flexibility index (Phi) is 4.81. The fourth-order valence-electron chi connectivity index (χ4n) is 2.28. The second-order valence-electron chi connectivity index (χ2n) is 5.16.